The molecular weight excluding hydrogens is 282 g/mol. The molecule has 0 saturated carbocycles. The number of rotatable bonds is 5. The fourth-order valence-electron chi connectivity index (χ4n) is 1.85. The number of aliphatic hydroxyl groups is 1. The second kappa shape index (κ2) is 6.26. The van der Waals surface area contributed by atoms with Crippen LogP contribution in [0, 0.1) is 5.92 Å². The molecular formula is C13H20BrNO2. The molecule has 0 heterocycles. The van der Waals surface area contributed by atoms with E-state index in [1.807, 2.05) is 25.2 Å². The summed E-state index contributed by atoms with van der Waals surface area (Å²) >= 11 is 3.47. The Labute approximate surface area is 112 Å². The highest BCUT2D eigenvalue weighted by atomic mass is 79.9. The van der Waals surface area contributed by atoms with Crippen molar-refractivity contribution in [3.05, 3.63) is 22.7 Å². The Morgan fingerprint density at radius 3 is 2.47 bits per heavy atom. The van der Waals surface area contributed by atoms with E-state index < -0.39 is 0 Å². The van der Waals surface area contributed by atoms with E-state index >= 15 is 0 Å². The Morgan fingerprint density at radius 1 is 1.41 bits per heavy atom. The van der Waals surface area contributed by atoms with Crippen LogP contribution in [-0.2, 0) is 0 Å². The molecule has 0 bridgehead atoms. The number of halogens is 1. The molecule has 0 aliphatic rings. The lowest BCUT2D eigenvalue weighted by molar-refractivity contribution is 0.234. The maximum Gasteiger partial charge on any atom is 0.133 e. The molecule has 0 spiro atoms. The van der Waals surface area contributed by atoms with Gasteiger partial charge in [-0.15, -0.1) is 0 Å². The van der Waals surface area contributed by atoms with Crippen LogP contribution in [0.15, 0.2) is 22.7 Å². The van der Waals surface area contributed by atoms with Gasteiger partial charge in [0.1, 0.15) is 5.75 Å². The zero-order chi connectivity index (χ0) is 13.0. The van der Waals surface area contributed by atoms with Gasteiger partial charge >= 0.3 is 0 Å². The number of nitrogens with zero attached hydrogens (tertiary/aromatic N) is 1. The molecule has 1 atom stereocenters. The average Bonchev–Trinajstić information content (AvgIpc) is 2.29. The lowest BCUT2D eigenvalue weighted by Crippen LogP contribution is -2.38. The summed E-state index contributed by atoms with van der Waals surface area (Å²) in [5.41, 5.74) is 1.06. The molecule has 0 aliphatic carbocycles. The minimum atomic E-state index is 0.121. The first-order valence-electron chi connectivity index (χ1n) is 5.68. The molecule has 3 nitrogen and oxygen atoms in total. The molecule has 1 aromatic rings. The maximum absolute atomic E-state index is 9.42. The normalized spacial score (nSPS) is 12.6. The third-order valence-corrected chi connectivity index (χ3v) is 3.62. The molecule has 1 N–H and O–H groups in total. The summed E-state index contributed by atoms with van der Waals surface area (Å²) in [6.07, 6.45) is 0. The van der Waals surface area contributed by atoms with Gasteiger partial charge in [-0.05, 0) is 40.0 Å². The first-order valence-corrected chi connectivity index (χ1v) is 6.47. The molecule has 0 aromatic heterocycles. The van der Waals surface area contributed by atoms with E-state index in [-0.39, 0.29) is 12.6 Å². The van der Waals surface area contributed by atoms with Crippen molar-refractivity contribution >= 4 is 21.6 Å². The van der Waals surface area contributed by atoms with Crippen LogP contribution in [0.25, 0.3) is 0 Å². The minimum absolute atomic E-state index is 0.121. The SMILES string of the molecule is COc1ccc(N(C)C(CO)C(C)C)cc1Br. The fourth-order valence-corrected chi connectivity index (χ4v) is 2.38. The maximum atomic E-state index is 9.42. The Bertz CT molecular complexity index is 368. The van der Waals surface area contributed by atoms with Crippen LogP contribution >= 0.6 is 15.9 Å². The zero-order valence-electron chi connectivity index (χ0n) is 10.8. The largest absolute Gasteiger partial charge is 0.496 e. The van der Waals surface area contributed by atoms with Gasteiger partial charge in [0, 0.05) is 12.7 Å². The third kappa shape index (κ3) is 3.36. The van der Waals surface area contributed by atoms with Crippen molar-refractivity contribution in [3.63, 3.8) is 0 Å². The highest BCUT2D eigenvalue weighted by Crippen LogP contribution is 2.30. The standard InChI is InChI=1S/C13H20BrNO2/c1-9(2)12(8-16)15(3)10-5-6-13(17-4)11(14)7-10/h5-7,9,12,16H,8H2,1-4H3. The molecule has 0 radical (unpaired) electrons. The molecule has 1 unspecified atom stereocenters. The van der Waals surface area contributed by atoms with Gasteiger partial charge in [0.2, 0.25) is 0 Å². The summed E-state index contributed by atoms with van der Waals surface area (Å²) in [5, 5.41) is 9.42. The molecule has 1 aromatic carbocycles. The second-order valence-corrected chi connectivity index (χ2v) is 5.28. The summed E-state index contributed by atoms with van der Waals surface area (Å²) < 4.78 is 6.12. The van der Waals surface area contributed by atoms with Crippen LogP contribution in [-0.4, -0.2) is 31.9 Å². The number of anilines is 1. The summed E-state index contributed by atoms with van der Waals surface area (Å²) in [5.74, 6) is 1.21. The van der Waals surface area contributed by atoms with Crippen LogP contribution in [0.2, 0.25) is 0 Å². The van der Waals surface area contributed by atoms with Crippen molar-refractivity contribution in [2.24, 2.45) is 5.92 Å². The summed E-state index contributed by atoms with van der Waals surface area (Å²) in [7, 11) is 3.64. The number of hydrogen-bond donors (Lipinski definition) is 1. The highest BCUT2D eigenvalue weighted by molar-refractivity contribution is 9.10. The predicted molar refractivity (Wildman–Crippen MR) is 74.8 cm³/mol. The van der Waals surface area contributed by atoms with Crippen LogP contribution in [0.5, 0.6) is 5.75 Å². The summed E-state index contributed by atoms with van der Waals surface area (Å²) in [6, 6.07) is 6.04. The van der Waals surface area contributed by atoms with Crippen molar-refractivity contribution in [1.29, 1.82) is 0 Å². The highest BCUT2D eigenvalue weighted by Gasteiger charge is 2.18. The molecule has 0 amide bonds. The van der Waals surface area contributed by atoms with Crippen LogP contribution in [0.3, 0.4) is 0 Å². The quantitative estimate of drug-likeness (QED) is 0.908. The van der Waals surface area contributed by atoms with Crippen LogP contribution in [0.4, 0.5) is 5.69 Å². The predicted octanol–water partition coefficient (Wildman–Crippen LogP) is 2.91. The fraction of sp³-hybridized carbons (Fsp3) is 0.538. The first kappa shape index (κ1) is 14.3. The number of ether oxygens (including phenoxy) is 1. The van der Waals surface area contributed by atoms with Crippen molar-refractivity contribution in [3.8, 4) is 5.75 Å². The second-order valence-electron chi connectivity index (χ2n) is 4.42. The van der Waals surface area contributed by atoms with Gasteiger partial charge in [0.05, 0.1) is 24.2 Å². The Morgan fingerprint density at radius 2 is 2.06 bits per heavy atom. The number of hydrogen-bond acceptors (Lipinski definition) is 3. The Kier molecular flexibility index (Phi) is 5.28. The topological polar surface area (TPSA) is 32.7 Å². The van der Waals surface area contributed by atoms with Gasteiger partial charge in [0.25, 0.3) is 0 Å². The van der Waals surface area contributed by atoms with E-state index in [0.717, 1.165) is 15.9 Å². The smallest absolute Gasteiger partial charge is 0.133 e. The van der Waals surface area contributed by atoms with Crippen molar-refractivity contribution in [2.75, 3.05) is 25.7 Å². The van der Waals surface area contributed by atoms with Gasteiger partial charge in [-0.1, -0.05) is 13.8 Å². The minimum Gasteiger partial charge on any atom is -0.496 e. The average molecular weight is 302 g/mol. The van der Waals surface area contributed by atoms with E-state index in [4.69, 9.17) is 4.74 Å². The summed E-state index contributed by atoms with van der Waals surface area (Å²) in [4.78, 5) is 2.09. The van der Waals surface area contributed by atoms with Crippen molar-refractivity contribution in [1.82, 2.24) is 0 Å². The molecule has 17 heavy (non-hydrogen) atoms. The van der Waals surface area contributed by atoms with Gasteiger partial charge in [-0.2, -0.15) is 0 Å². The zero-order valence-corrected chi connectivity index (χ0v) is 12.4. The van der Waals surface area contributed by atoms with Gasteiger partial charge in [-0.25, -0.2) is 0 Å². The van der Waals surface area contributed by atoms with Crippen LogP contribution < -0.4 is 9.64 Å². The number of methoxy groups -OCH3 is 1. The molecule has 96 valence electrons. The van der Waals surface area contributed by atoms with Crippen molar-refractivity contribution in [2.45, 2.75) is 19.9 Å². The molecule has 1 rings (SSSR count). The van der Waals surface area contributed by atoms with E-state index in [0.29, 0.717) is 5.92 Å². The molecule has 0 saturated heterocycles. The van der Waals surface area contributed by atoms with Crippen LogP contribution in [0.1, 0.15) is 13.8 Å². The summed E-state index contributed by atoms with van der Waals surface area (Å²) in [6.45, 7) is 4.36. The number of benzene rings is 1. The van der Waals surface area contributed by atoms with E-state index in [9.17, 15) is 5.11 Å². The molecule has 4 heteroatoms. The monoisotopic (exact) mass is 301 g/mol. The number of likely N-dealkylation sites (N-methyl/N-ethyl adjacent to an activating group) is 1. The third-order valence-electron chi connectivity index (χ3n) is 3.00. The lowest BCUT2D eigenvalue weighted by Gasteiger charge is -2.31. The lowest BCUT2D eigenvalue weighted by atomic mass is 10.0. The van der Waals surface area contributed by atoms with Gasteiger partial charge in [0.15, 0.2) is 0 Å². The molecule has 0 fully saturated rings. The van der Waals surface area contributed by atoms with E-state index in [1.165, 1.54) is 0 Å². The first-order chi connectivity index (χ1) is 8.01. The van der Waals surface area contributed by atoms with Gasteiger partial charge < -0.3 is 14.7 Å². The molecule has 0 aliphatic heterocycles. The number of aliphatic hydroxyl groups excluding tert-OH is 1. The van der Waals surface area contributed by atoms with E-state index in [2.05, 4.69) is 34.7 Å². The van der Waals surface area contributed by atoms with Gasteiger partial charge in [-0.3, -0.25) is 0 Å². The Hall–Kier alpha value is -0.740. The van der Waals surface area contributed by atoms with E-state index in [1.54, 1.807) is 7.11 Å². The van der Waals surface area contributed by atoms with Crippen molar-refractivity contribution < 1.29 is 9.84 Å². The Balaban J connectivity index is 2.95.